The van der Waals surface area contributed by atoms with Gasteiger partial charge in [0.25, 0.3) is 0 Å². The molecule has 0 aliphatic carbocycles. The molecule has 0 saturated carbocycles. The fourth-order valence-electron chi connectivity index (χ4n) is 3.24. The number of hydrogen-bond acceptors (Lipinski definition) is 2. The average molecular weight is 261 g/mol. The number of hydrogen-bond donors (Lipinski definition) is 1. The van der Waals surface area contributed by atoms with Crippen LogP contribution in [0.25, 0.3) is 0 Å². The van der Waals surface area contributed by atoms with Crippen LogP contribution in [-0.2, 0) is 4.74 Å². The van der Waals surface area contributed by atoms with Gasteiger partial charge in [-0.05, 0) is 81.8 Å². The van der Waals surface area contributed by atoms with Crippen molar-refractivity contribution in [3.63, 3.8) is 0 Å². The Bertz CT molecular complexity index is 421. The third-order valence-corrected chi connectivity index (χ3v) is 4.64. The van der Waals surface area contributed by atoms with Crippen LogP contribution >= 0.6 is 0 Å². The minimum Gasteiger partial charge on any atom is -0.378 e. The molecule has 2 unspecified atom stereocenters. The Balaban J connectivity index is 2.31. The quantitative estimate of drug-likeness (QED) is 0.891. The van der Waals surface area contributed by atoms with Crippen LogP contribution in [0.1, 0.15) is 53.1 Å². The summed E-state index contributed by atoms with van der Waals surface area (Å²) in [6, 6.07) is 2.70. The lowest BCUT2D eigenvalue weighted by Crippen LogP contribution is -2.24. The highest BCUT2D eigenvalue weighted by Crippen LogP contribution is 2.32. The normalized spacial score (nSPS) is 20.8. The fourth-order valence-corrected chi connectivity index (χ4v) is 3.24. The molecule has 0 spiro atoms. The smallest absolute Gasteiger partial charge is 0.0594 e. The molecule has 1 saturated heterocycles. The zero-order valence-corrected chi connectivity index (χ0v) is 13.0. The summed E-state index contributed by atoms with van der Waals surface area (Å²) in [5.74, 6) is 0. The number of rotatable bonds is 4. The standard InChI is InChI=1S/C17H27NO/c1-11-9-12(2)14(4)17(13(11)3)16(18-5)10-15-7-6-8-19-15/h9,15-16,18H,6-8,10H2,1-5H3. The van der Waals surface area contributed by atoms with Gasteiger partial charge in [0.15, 0.2) is 0 Å². The summed E-state index contributed by atoms with van der Waals surface area (Å²) in [5, 5.41) is 3.50. The Morgan fingerprint density at radius 1 is 1.21 bits per heavy atom. The van der Waals surface area contributed by atoms with Gasteiger partial charge in [0, 0.05) is 12.6 Å². The van der Waals surface area contributed by atoms with Crippen molar-refractivity contribution < 1.29 is 4.74 Å². The van der Waals surface area contributed by atoms with Gasteiger partial charge in [0.05, 0.1) is 6.10 Å². The summed E-state index contributed by atoms with van der Waals surface area (Å²) in [4.78, 5) is 0. The third-order valence-electron chi connectivity index (χ3n) is 4.64. The van der Waals surface area contributed by atoms with Crippen LogP contribution in [0.2, 0.25) is 0 Å². The largest absolute Gasteiger partial charge is 0.378 e. The fraction of sp³-hybridized carbons (Fsp3) is 0.647. The van der Waals surface area contributed by atoms with Gasteiger partial charge in [-0.25, -0.2) is 0 Å². The molecule has 0 bridgehead atoms. The van der Waals surface area contributed by atoms with E-state index in [1.54, 1.807) is 0 Å². The van der Waals surface area contributed by atoms with Crippen molar-refractivity contribution in [2.75, 3.05) is 13.7 Å². The lowest BCUT2D eigenvalue weighted by atomic mass is 9.87. The topological polar surface area (TPSA) is 21.3 Å². The molecule has 1 fully saturated rings. The highest BCUT2D eigenvalue weighted by molar-refractivity contribution is 5.45. The second kappa shape index (κ2) is 6.06. The Labute approximate surface area is 117 Å². The number of benzene rings is 1. The van der Waals surface area contributed by atoms with E-state index in [-0.39, 0.29) is 0 Å². The summed E-state index contributed by atoms with van der Waals surface area (Å²) >= 11 is 0. The van der Waals surface area contributed by atoms with Crippen LogP contribution in [0.15, 0.2) is 6.07 Å². The molecule has 0 aromatic heterocycles. The number of nitrogens with one attached hydrogen (secondary N) is 1. The van der Waals surface area contributed by atoms with E-state index in [0.717, 1.165) is 13.0 Å². The molecule has 2 atom stereocenters. The van der Waals surface area contributed by atoms with E-state index in [2.05, 4.69) is 46.1 Å². The van der Waals surface area contributed by atoms with Crippen LogP contribution < -0.4 is 5.32 Å². The van der Waals surface area contributed by atoms with Crippen molar-refractivity contribution in [2.45, 2.75) is 59.1 Å². The maximum absolute atomic E-state index is 5.81. The zero-order chi connectivity index (χ0) is 14.0. The van der Waals surface area contributed by atoms with Gasteiger partial charge < -0.3 is 10.1 Å². The van der Waals surface area contributed by atoms with Gasteiger partial charge in [0.2, 0.25) is 0 Å². The zero-order valence-electron chi connectivity index (χ0n) is 13.0. The Hall–Kier alpha value is -0.860. The third kappa shape index (κ3) is 3.01. The number of ether oxygens (including phenoxy) is 1. The van der Waals surface area contributed by atoms with Crippen LogP contribution in [0.5, 0.6) is 0 Å². The van der Waals surface area contributed by atoms with Crippen molar-refractivity contribution in [1.29, 1.82) is 0 Å². The minimum absolute atomic E-state index is 0.404. The van der Waals surface area contributed by atoms with E-state index in [0.29, 0.717) is 12.1 Å². The molecule has 2 nitrogen and oxygen atoms in total. The minimum atomic E-state index is 0.404. The van der Waals surface area contributed by atoms with Gasteiger partial charge in [-0.2, -0.15) is 0 Å². The SMILES string of the molecule is CNC(CC1CCCO1)c1c(C)c(C)cc(C)c1C. The molecule has 2 rings (SSSR count). The van der Waals surface area contributed by atoms with E-state index < -0.39 is 0 Å². The summed E-state index contributed by atoms with van der Waals surface area (Å²) in [5.41, 5.74) is 7.13. The predicted octanol–water partition coefficient (Wildman–Crippen LogP) is 3.75. The van der Waals surface area contributed by atoms with Crippen molar-refractivity contribution >= 4 is 0 Å². The van der Waals surface area contributed by atoms with Crippen LogP contribution in [-0.4, -0.2) is 19.8 Å². The molecule has 2 heteroatoms. The first-order valence-corrected chi connectivity index (χ1v) is 7.40. The van der Waals surface area contributed by atoms with Crippen LogP contribution in [0.3, 0.4) is 0 Å². The first-order chi connectivity index (χ1) is 9.04. The van der Waals surface area contributed by atoms with Gasteiger partial charge in [0.1, 0.15) is 0 Å². The second-order valence-electron chi connectivity index (χ2n) is 5.89. The maximum atomic E-state index is 5.81. The van der Waals surface area contributed by atoms with Crippen molar-refractivity contribution in [3.05, 3.63) is 33.9 Å². The highest BCUT2D eigenvalue weighted by Gasteiger charge is 2.24. The lowest BCUT2D eigenvalue weighted by Gasteiger charge is -2.26. The molecular weight excluding hydrogens is 234 g/mol. The first kappa shape index (κ1) is 14.5. The van der Waals surface area contributed by atoms with E-state index in [1.165, 1.54) is 40.7 Å². The summed E-state index contributed by atoms with van der Waals surface area (Å²) in [6.45, 7) is 9.86. The van der Waals surface area contributed by atoms with Gasteiger partial charge in [-0.15, -0.1) is 0 Å². The molecule has 19 heavy (non-hydrogen) atoms. The molecule has 1 aliphatic heterocycles. The molecule has 106 valence electrons. The van der Waals surface area contributed by atoms with Gasteiger partial charge in [-0.1, -0.05) is 6.07 Å². The van der Waals surface area contributed by atoms with Crippen LogP contribution in [0, 0.1) is 27.7 Å². The molecule has 1 heterocycles. The molecule has 0 radical (unpaired) electrons. The summed E-state index contributed by atoms with van der Waals surface area (Å²) in [6.07, 6.45) is 3.94. The van der Waals surface area contributed by atoms with Crippen molar-refractivity contribution in [1.82, 2.24) is 5.32 Å². The summed E-state index contributed by atoms with van der Waals surface area (Å²) < 4.78 is 5.81. The maximum Gasteiger partial charge on any atom is 0.0594 e. The number of aryl methyl sites for hydroxylation is 2. The molecule has 1 aromatic rings. The van der Waals surface area contributed by atoms with E-state index in [9.17, 15) is 0 Å². The lowest BCUT2D eigenvalue weighted by molar-refractivity contribution is 0.0953. The van der Waals surface area contributed by atoms with E-state index in [4.69, 9.17) is 4.74 Å². The average Bonchev–Trinajstić information content (AvgIpc) is 2.88. The van der Waals surface area contributed by atoms with E-state index in [1.807, 2.05) is 0 Å². The van der Waals surface area contributed by atoms with E-state index >= 15 is 0 Å². The second-order valence-corrected chi connectivity index (χ2v) is 5.89. The molecule has 1 aromatic carbocycles. The molecule has 0 amide bonds. The monoisotopic (exact) mass is 261 g/mol. The summed E-state index contributed by atoms with van der Waals surface area (Å²) in [7, 11) is 2.07. The Morgan fingerprint density at radius 3 is 2.32 bits per heavy atom. The van der Waals surface area contributed by atoms with Gasteiger partial charge >= 0.3 is 0 Å². The predicted molar refractivity (Wildman–Crippen MR) is 80.8 cm³/mol. The van der Waals surface area contributed by atoms with Gasteiger partial charge in [-0.3, -0.25) is 0 Å². The first-order valence-electron chi connectivity index (χ1n) is 7.40. The Kier molecular flexibility index (Phi) is 4.64. The van der Waals surface area contributed by atoms with Crippen molar-refractivity contribution in [2.24, 2.45) is 0 Å². The Morgan fingerprint density at radius 2 is 1.84 bits per heavy atom. The highest BCUT2D eigenvalue weighted by atomic mass is 16.5. The molecule has 1 N–H and O–H groups in total. The molecular formula is C17H27NO. The van der Waals surface area contributed by atoms with Crippen molar-refractivity contribution in [3.8, 4) is 0 Å². The van der Waals surface area contributed by atoms with Crippen LogP contribution in [0.4, 0.5) is 0 Å². The molecule has 1 aliphatic rings.